The first-order chi connectivity index (χ1) is 13.3. The molecule has 0 bridgehead atoms. The van der Waals surface area contributed by atoms with Gasteiger partial charge in [-0.15, -0.1) is 0 Å². The van der Waals surface area contributed by atoms with Crippen LogP contribution in [0.3, 0.4) is 0 Å². The molecule has 6 nitrogen and oxygen atoms in total. The summed E-state index contributed by atoms with van der Waals surface area (Å²) in [5.41, 5.74) is -0.291. The maximum atomic E-state index is 14.3. The lowest BCUT2D eigenvalue weighted by Gasteiger charge is -2.22. The molecule has 0 saturated carbocycles. The fourth-order valence-electron chi connectivity index (χ4n) is 2.66. The third-order valence-electron chi connectivity index (χ3n) is 4.21. The summed E-state index contributed by atoms with van der Waals surface area (Å²) in [6, 6.07) is 6.51. The Bertz CT molecular complexity index is 686. The topological polar surface area (TPSA) is 87.1 Å². The number of carboxylic acid groups (broad SMARTS) is 1. The Balaban J connectivity index is 1.87. The van der Waals surface area contributed by atoms with Crippen molar-refractivity contribution < 1.29 is 33.3 Å². The van der Waals surface area contributed by atoms with Crippen molar-refractivity contribution in [2.75, 3.05) is 24.7 Å². The number of carbonyl (C=O) groups is 2. The van der Waals surface area contributed by atoms with Crippen LogP contribution in [-0.4, -0.2) is 64.0 Å². The number of amides is 1. The summed E-state index contributed by atoms with van der Waals surface area (Å²) < 4.78 is 33.6. The predicted octanol–water partition coefficient (Wildman–Crippen LogP) is 3.11. The quantitative estimate of drug-likeness (QED) is 0.427. The summed E-state index contributed by atoms with van der Waals surface area (Å²) in [5, 5.41) is 18.5. The van der Waals surface area contributed by atoms with Gasteiger partial charge in [-0.05, 0) is 12.2 Å². The molecule has 2 rings (SSSR count). The average Bonchev–Trinajstić information content (AvgIpc) is 3.02. The van der Waals surface area contributed by atoms with E-state index in [9.17, 15) is 23.5 Å². The SMILES string of the molecule is O=C(O)CCCSCCN1C(=O)OCC1C=CC(O)C(F)(F)c1ccccc1. The highest BCUT2D eigenvalue weighted by atomic mass is 32.2. The number of benzene rings is 1. The molecule has 1 aliphatic rings. The van der Waals surface area contributed by atoms with Crippen molar-refractivity contribution in [2.45, 2.75) is 30.9 Å². The minimum atomic E-state index is -3.45. The van der Waals surface area contributed by atoms with Crippen molar-refractivity contribution >= 4 is 23.8 Å². The van der Waals surface area contributed by atoms with Crippen LogP contribution in [0.1, 0.15) is 18.4 Å². The smallest absolute Gasteiger partial charge is 0.410 e. The molecule has 2 unspecified atom stereocenters. The predicted molar refractivity (Wildman–Crippen MR) is 102 cm³/mol. The number of halogens is 2. The summed E-state index contributed by atoms with van der Waals surface area (Å²) in [4.78, 5) is 23.7. The van der Waals surface area contributed by atoms with Gasteiger partial charge in [-0.3, -0.25) is 9.69 Å². The molecular formula is C19H23F2NO5S. The highest BCUT2D eigenvalue weighted by Crippen LogP contribution is 2.32. The molecule has 1 aliphatic heterocycles. The van der Waals surface area contributed by atoms with Crippen molar-refractivity contribution in [2.24, 2.45) is 0 Å². The lowest BCUT2D eigenvalue weighted by Crippen LogP contribution is -2.35. The van der Waals surface area contributed by atoms with E-state index in [2.05, 4.69) is 0 Å². The zero-order chi connectivity index (χ0) is 20.6. The van der Waals surface area contributed by atoms with E-state index in [-0.39, 0.29) is 18.6 Å². The molecule has 0 aliphatic carbocycles. The number of carboxylic acids is 1. The van der Waals surface area contributed by atoms with Crippen LogP contribution >= 0.6 is 11.8 Å². The number of cyclic esters (lactones) is 1. The fourth-order valence-corrected chi connectivity index (χ4v) is 3.54. The van der Waals surface area contributed by atoms with Gasteiger partial charge in [0.15, 0.2) is 0 Å². The molecule has 1 fully saturated rings. The van der Waals surface area contributed by atoms with E-state index in [1.807, 2.05) is 0 Å². The molecule has 154 valence electrons. The molecule has 1 heterocycles. The van der Waals surface area contributed by atoms with E-state index in [0.29, 0.717) is 24.5 Å². The third kappa shape index (κ3) is 6.20. The summed E-state index contributed by atoms with van der Waals surface area (Å²) >= 11 is 1.51. The van der Waals surface area contributed by atoms with Gasteiger partial charge in [-0.2, -0.15) is 20.5 Å². The molecule has 9 heteroatoms. The minimum absolute atomic E-state index is 0.0304. The lowest BCUT2D eigenvalue weighted by atomic mass is 10.0. The van der Waals surface area contributed by atoms with E-state index < -0.39 is 30.1 Å². The Kier molecular flexibility index (Phi) is 8.25. The average molecular weight is 415 g/mol. The van der Waals surface area contributed by atoms with E-state index >= 15 is 0 Å². The standard InChI is InChI=1S/C19H23F2NO5S/c20-19(21,14-5-2-1-3-6-14)16(23)9-8-15-13-27-18(26)22(15)10-12-28-11-4-7-17(24)25/h1-3,5-6,8-9,15-16,23H,4,7,10-13H2,(H,24,25). The first-order valence-electron chi connectivity index (χ1n) is 8.85. The molecule has 2 N–H and O–H groups in total. The molecule has 1 aromatic carbocycles. The van der Waals surface area contributed by atoms with Gasteiger partial charge in [-0.1, -0.05) is 42.5 Å². The highest BCUT2D eigenvalue weighted by Gasteiger charge is 2.39. The van der Waals surface area contributed by atoms with Gasteiger partial charge in [0.05, 0.1) is 6.04 Å². The Labute approximate surface area is 166 Å². The highest BCUT2D eigenvalue weighted by molar-refractivity contribution is 7.99. The first kappa shape index (κ1) is 22.2. The van der Waals surface area contributed by atoms with E-state index in [1.165, 1.54) is 47.0 Å². The Morgan fingerprint density at radius 3 is 2.75 bits per heavy atom. The summed E-state index contributed by atoms with van der Waals surface area (Å²) in [6.07, 6.45) is 0.420. The van der Waals surface area contributed by atoms with Crippen molar-refractivity contribution in [1.82, 2.24) is 4.90 Å². The molecule has 1 aromatic rings. The van der Waals surface area contributed by atoms with Crippen molar-refractivity contribution in [3.63, 3.8) is 0 Å². The molecule has 1 amide bonds. The van der Waals surface area contributed by atoms with Crippen LogP contribution in [0.2, 0.25) is 0 Å². The number of hydrogen-bond acceptors (Lipinski definition) is 5. The number of rotatable bonds is 11. The maximum Gasteiger partial charge on any atom is 0.410 e. The maximum absolute atomic E-state index is 14.3. The summed E-state index contributed by atoms with van der Waals surface area (Å²) in [5.74, 6) is -3.08. The largest absolute Gasteiger partial charge is 0.481 e. The number of aliphatic hydroxyl groups excluding tert-OH is 1. The summed E-state index contributed by atoms with van der Waals surface area (Å²) in [6.45, 7) is 0.374. The Morgan fingerprint density at radius 2 is 2.07 bits per heavy atom. The van der Waals surface area contributed by atoms with Crippen LogP contribution < -0.4 is 0 Å². The number of ether oxygens (including phenoxy) is 1. The molecule has 0 spiro atoms. The zero-order valence-corrected chi connectivity index (χ0v) is 16.0. The Hall–Kier alpha value is -2.13. The van der Waals surface area contributed by atoms with E-state index in [1.54, 1.807) is 6.07 Å². The van der Waals surface area contributed by atoms with E-state index in [4.69, 9.17) is 9.84 Å². The monoisotopic (exact) mass is 415 g/mol. The van der Waals surface area contributed by atoms with Crippen LogP contribution in [0.25, 0.3) is 0 Å². The van der Waals surface area contributed by atoms with Crippen LogP contribution in [0, 0.1) is 0 Å². The number of carbonyl (C=O) groups excluding carboxylic acids is 1. The Morgan fingerprint density at radius 1 is 1.36 bits per heavy atom. The van der Waals surface area contributed by atoms with Crippen molar-refractivity contribution in [3.8, 4) is 0 Å². The molecule has 2 atom stereocenters. The van der Waals surface area contributed by atoms with Crippen molar-refractivity contribution in [1.29, 1.82) is 0 Å². The normalized spacial score (nSPS) is 18.5. The second-order valence-corrected chi connectivity index (χ2v) is 7.49. The van der Waals surface area contributed by atoms with Crippen LogP contribution in [0.5, 0.6) is 0 Å². The second-order valence-electron chi connectivity index (χ2n) is 6.27. The van der Waals surface area contributed by atoms with Crippen LogP contribution in [0.4, 0.5) is 13.6 Å². The molecule has 28 heavy (non-hydrogen) atoms. The molecule has 0 aromatic heterocycles. The van der Waals surface area contributed by atoms with Gasteiger partial charge in [0.2, 0.25) is 0 Å². The number of nitrogens with zero attached hydrogens (tertiary/aromatic N) is 1. The first-order valence-corrected chi connectivity index (χ1v) is 10.0. The van der Waals surface area contributed by atoms with Crippen molar-refractivity contribution in [3.05, 3.63) is 48.0 Å². The molecular weight excluding hydrogens is 392 g/mol. The van der Waals surface area contributed by atoms with Gasteiger partial charge in [-0.25, -0.2) is 4.79 Å². The zero-order valence-electron chi connectivity index (χ0n) is 15.2. The van der Waals surface area contributed by atoms with Gasteiger partial charge in [0.25, 0.3) is 0 Å². The number of hydrogen-bond donors (Lipinski definition) is 2. The number of thioether (sulfide) groups is 1. The number of aliphatic hydroxyl groups is 1. The van der Waals surface area contributed by atoms with Gasteiger partial charge in [0.1, 0.15) is 12.7 Å². The van der Waals surface area contributed by atoms with Gasteiger partial charge >= 0.3 is 18.0 Å². The second kappa shape index (κ2) is 10.4. The fraction of sp³-hybridized carbons (Fsp3) is 0.474. The molecule has 0 radical (unpaired) electrons. The summed E-state index contributed by atoms with van der Waals surface area (Å²) in [7, 11) is 0. The number of alkyl halides is 2. The third-order valence-corrected chi connectivity index (χ3v) is 5.26. The van der Waals surface area contributed by atoms with Crippen LogP contribution in [-0.2, 0) is 15.5 Å². The molecule has 1 saturated heterocycles. The lowest BCUT2D eigenvalue weighted by molar-refractivity contribution is -0.137. The number of aliphatic carboxylic acids is 1. The van der Waals surface area contributed by atoms with Crippen LogP contribution in [0.15, 0.2) is 42.5 Å². The van der Waals surface area contributed by atoms with E-state index in [0.717, 1.165) is 6.08 Å². The minimum Gasteiger partial charge on any atom is -0.481 e. The van der Waals surface area contributed by atoms with Gasteiger partial charge in [0, 0.05) is 24.3 Å². The van der Waals surface area contributed by atoms with Gasteiger partial charge < -0.3 is 14.9 Å².